The third-order valence-electron chi connectivity index (χ3n) is 3.12. The summed E-state index contributed by atoms with van der Waals surface area (Å²) in [6.45, 7) is 0.629. The molecule has 0 unspecified atom stereocenters. The number of hydrogen-bond donors (Lipinski definition) is 2. The molecular formula is C15H15N3. The summed E-state index contributed by atoms with van der Waals surface area (Å²) in [4.78, 5) is 7.62. The molecule has 0 saturated heterocycles. The first kappa shape index (κ1) is 11.0. The summed E-state index contributed by atoms with van der Waals surface area (Å²) in [5.41, 5.74) is 10.2. The molecule has 0 amide bonds. The van der Waals surface area contributed by atoms with Crippen molar-refractivity contribution in [3.63, 3.8) is 0 Å². The van der Waals surface area contributed by atoms with Crippen LogP contribution in [0.25, 0.3) is 22.0 Å². The molecule has 2 heterocycles. The molecule has 3 nitrogen and oxygen atoms in total. The second kappa shape index (κ2) is 4.63. The molecule has 3 heteroatoms. The van der Waals surface area contributed by atoms with Gasteiger partial charge in [-0.25, -0.2) is 0 Å². The van der Waals surface area contributed by atoms with Crippen molar-refractivity contribution in [2.75, 3.05) is 6.54 Å². The Morgan fingerprint density at radius 3 is 2.94 bits per heavy atom. The number of pyridine rings is 1. The number of nitrogens with one attached hydrogen (secondary N) is 1. The zero-order chi connectivity index (χ0) is 12.4. The van der Waals surface area contributed by atoms with Crippen molar-refractivity contribution >= 4 is 10.9 Å². The van der Waals surface area contributed by atoms with Crippen LogP contribution in [-0.2, 0) is 6.42 Å². The summed E-state index contributed by atoms with van der Waals surface area (Å²) in [6.07, 6.45) is 4.71. The van der Waals surface area contributed by atoms with Crippen molar-refractivity contribution in [1.29, 1.82) is 0 Å². The van der Waals surface area contributed by atoms with Crippen molar-refractivity contribution in [1.82, 2.24) is 9.97 Å². The van der Waals surface area contributed by atoms with E-state index >= 15 is 0 Å². The van der Waals surface area contributed by atoms with Crippen molar-refractivity contribution in [2.24, 2.45) is 5.73 Å². The highest BCUT2D eigenvalue weighted by atomic mass is 14.7. The topological polar surface area (TPSA) is 54.7 Å². The lowest BCUT2D eigenvalue weighted by Crippen LogP contribution is -2.04. The average molecular weight is 237 g/mol. The van der Waals surface area contributed by atoms with E-state index in [-0.39, 0.29) is 0 Å². The van der Waals surface area contributed by atoms with E-state index in [0.29, 0.717) is 6.54 Å². The summed E-state index contributed by atoms with van der Waals surface area (Å²) in [5.74, 6) is 0. The molecule has 18 heavy (non-hydrogen) atoms. The summed E-state index contributed by atoms with van der Waals surface area (Å²) >= 11 is 0. The Bertz CT molecular complexity index is 670. The largest absolute Gasteiger partial charge is 0.361 e. The lowest BCUT2D eigenvalue weighted by Gasteiger charge is -2.02. The highest BCUT2D eigenvalue weighted by molar-refractivity contribution is 5.95. The van der Waals surface area contributed by atoms with E-state index in [0.717, 1.165) is 17.6 Å². The molecule has 0 atom stereocenters. The van der Waals surface area contributed by atoms with Crippen LogP contribution in [0.5, 0.6) is 0 Å². The number of aromatic amines is 1. The van der Waals surface area contributed by atoms with E-state index in [9.17, 15) is 0 Å². The van der Waals surface area contributed by atoms with Gasteiger partial charge >= 0.3 is 0 Å². The maximum atomic E-state index is 5.57. The molecule has 3 aromatic rings. The number of nitrogens with zero attached hydrogens (tertiary/aromatic N) is 1. The van der Waals surface area contributed by atoms with Crippen molar-refractivity contribution in [3.05, 3.63) is 54.5 Å². The lowest BCUT2D eigenvalue weighted by molar-refractivity contribution is 0.924. The van der Waals surface area contributed by atoms with Gasteiger partial charge in [-0.1, -0.05) is 18.2 Å². The van der Waals surface area contributed by atoms with E-state index in [4.69, 9.17) is 5.73 Å². The number of para-hydroxylation sites is 1. The Hall–Kier alpha value is -2.13. The summed E-state index contributed by atoms with van der Waals surface area (Å²) in [7, 11) is 0. The fourth-order valence-electron chi connectivity index (χ4n) is 2.24. The molecule has 0 aliphatic heterocycles. The van der Waals surface area contributed by atoms with Crippen LogP contribution in [0, 0.1) is 0 Å². The van der Waals surface area contributed by atoms with Gasteiger partial charge in [0.25, 0.3) is 0 Å². The minimum absolute atomic E-state index is 0.629. The summed E-state index contributed by atoms with van der Waals surface area (Å²) in [6, 6.07) is 12.5. The predicted molar refractivity (Wildman–Crippen MR) is 74.3 cm³/mol. The molecule has 3 N–H and O–H groups in total. The van der Waals surface area contributed by atoms with E-state index in [1.54, 1.807) is 0 Å². The maximum Gasteiger partial charge on any atom is 0.0460 e. The summed E-state index contributed by atoms with van der Waals surface area (Å²) in [5, 5.41) is 1.24. The number of hydrogen-bond acceptors (Lipinski definition) is 2. The Kier molecular flexibility index (Phi) is 2.82. The molecule has 0 fully saturated rings. The zero-order valence-electron chi connectivity index (χ0n) is 10.1. The smallest absolute Gasteiger partial charge is 0.0460 e. The minimum Gasteiger partial charge on any atom is -0.361 e. The van der Waals surface area contributed by atoms with Gasteiger partial charge in [0, 0.05) is 41.0 Å². The third kappa shape index (κ3) is 1.89. The van der Waals surface area contributed by atoms with Crippen molar-refractivity contribution in [3.8, 4) is 11.1 Å². The fraction of sp³-hybridized carbons (Fsp3) is 0.133. The van der Waals surface area contributed by atoms with Crippen LogP contribution in [0.1, 0.15) is 5.69 Å². The van der Waals surface area contributed by atoms with Crippen LogP contribution >= 0.6 is 0 Å². The molecular weight excluding hydrogens is 222 g/mol. The predicted octanol–water partition coefficient (Wildman–Crippen LogP) is 2.73. The molecule has 0 radical (unpaired) electrons. The number of benzene rings is 1. The van der Waals surface area contributed by atoms with Crippen LogP contribution in [0.2, 0.25) is 0 Å². The second-order valence-corrected chi connectivity index (χ2v) is 4.32. The average Bonchev–Trinajstić information content (AvgIpc) is 2.83. The first-order chi connectivity index (χ1) is 8.88. The molecule has 0 aliphatic carbocycles. The van der Waals surface area contributed by atoms with E-state index in [1.165, 1.54) is 16.5 Å². The van der Waals surface area contributed by atoms with Gasteiger partial charge in [0.05, 0.1) is 0 Å². The Labute approximate surface area is 106 Å². The monoisotopic (exact) mass is 237 g/mol. The zero-order valence-corrected chi connectivity index (χ0v) is 10.1. The molecule has 3 rings (SSSR count). The number of rotatable bonds is 3. The molecule has 0 saturated carbocycles. The van der Waals surface area contributed by atoms with Gasteiger partial charge in [0.2, 0.25) is 0 Å². The van der Waals surface area contributed by atoms with E-state index in [1.807, 2.05) is 24.5 Å². The highest BCUT2D eigenvalue weighted by Gasteiger charge is 2.06. The Balaban J connectivity index is 2.11. The van der Waals surface area contributed by atoms with Crippen LogP contribution in [-0.4, -0.2) is 16.5 Å². The first-order valence-electron chi connectivity index (χ1n) is 6.10. The normalized spacial score (nSPS) is 10.9. The van der Waals surface area contributed by atoms with Crippen LogP contribution in [0.15, 0.2) is 48.8 Å². The van der Waals surface area contributed by atoms with Gasteiger partial charge in [-0.15, -0.1) is 0 Å². The van der Waals surface area contributed by atoms with Crippen LogP contribution in [0.4, 0.5) is 0 Å². The Morgan fingerprint density at radius 1 is 1.17 bits per heavy atom. The van der Waals surface area contributed by atoms with Crippen LogP contribution < -0.4 is 5.73 Å². The van der Waals surface area contributed by atoms with Crippen molar-refractivity contribution < 1.29 is 0 Å². The Morgan fingerprint density at radius 2 is 2.06 bits per heavy atom. The SMILES string of the molecule is NCCc1cc(-c2c[nH]c3ccccc23)ccn1. The quantitative estimate of drug-likeness (QED) is 0.736. The standard InChI is InChI=1S/C15H15N3/c16-7-5-12-9-11(6-8-17-12)14-10-18-15-4-2-1-3-13(14)15/h1-4,6,8-10,18H,5,7,16H2. The molecule has 2 aromatic heterocycles. The molecule has 0 bridgehead atoms. The number of fused-ring (bicyclic) bond motifs is 1. The fourth-order valence-corrected chi connectivity index (χ4v) is 2.24. The highest BCUT2D eigenvalue weighted by Crippen LogP contribution is 2.28. The third-order valence-corrected chi connectivity index (χ3v) is 3.12. The van der Waals surface area contributed by atoms with E-state index < -0.39 is 0 Å². The first-order valence-corrected chi connectivity index (χ1v) is 6.10. The van der Waals surface area contributed by atoms with Gasteiger partial charge in [0.15, 0.2) is 0 Å². The van der Waals surface area contributed by atoms with Gasteiger partial charge < -0.3 is 10.7 Å². The van der Waals surface area contributed by atoms with Gasteiger partial charge in [0.1, 0.15) is 0 Å². The molecule has 0 aliphatic rings. The van der Waals surface area contributed by atoms with Gasteiger partial charge in [-0.3, -0.25) is 4.98 Å². The number of nitrogens with two attached hydrogens (primary N) is 1. The number of aromatic nitrogens is 2. The molecule has 90 valence electrons. The second-order valence-electron chi connectivity index (χ2n) is 4.32. The molecule has 0 spiro atoms. The van der Waals surface area contributed by atoms with E-state index in [2.05, 4.69) is 34.2 Å². The van der Waals surface area contributed by atoms with Gasteiger partial charge in [-0.2, -0.15) is 0 Å². The number of H-pyrrole nitrogens is 1. The molecule has 1 aromatic carbocycles. The summed E-state index contributed by atoms with van der Waals surface area (Å²) < 4.78 is 0. The minimum atomic E-state index is 0.629. The van der Waals surface area contributed by atoms with Gasteiger partial charge in [-0.05, 0) is 30.3 Å². The van der Waals surface area contributed by atoms with Crippen molar-refractivity contribution in [2.45, 2.75) is 6.42 Å². The lowest BCUT2D eigenvalue weighted by atomic mass is 10.0. The maximum absolute atomic E-state index is 5.57. The van der Waals surface area contributed by atoms with Crippen LogP contribution in [0.3, 0.4) is 0 Å².